The summed E-state index contributed by atoms with van der Waals surface area (Å²) in [5.74, 6) is 0.236. The fourth-order valence-corrected chi connectivity index (χ4v) is 3.57. The van der Waals surface area contributed by atoms with Gasteiger partial charge in [0.1, 0.15) is 11.6 Å². The fraction of sp³-hybridized carbons (Fsp3) is 0.316. The van der Waals surface area contributed by atoms with E-state index in [2.05, 4.69) is 20.4 Å². The zero-order valence-electron chi connectivity index (χ0n) is 15.4. The van der Waals surface area contributed by atoms with E-state index < -0.39 is 11.2 Å². The van der Waals surface area contributed by atoms with Gasteiger partial charge in [0, 0.05) is 56.1 Å². The number of benzene rings is 1. The molecule has 0 saturated carbocycles. The quantitative estimate of drug-likeness (QED) is 0.609. The summed E-state index contributed by atoms with van der Waals surface area (Å²) in [4.78, 5) is 29.8. The maximum absolute atomic E-state index is 13.6. The molecule has 1 aromatic carbocycles. The summed E-state index contributed by atoms with van der Waals surface area (Å²) in [6.45, 7) is 2.00. The maximum atomic E-state index is 13.6. The topological polar surface area (TPSA) is 98.8 Å². The molecule has 1 saturated heterocycles. The van der Waals surface area contributed by atoms with Gasteiger partial charge in [-0.05, 0) is 18.6 Å². The van der Waals surface area contributed by atoms with Crippen molar-refractivity contribution in [2.75, 3.05) is 18.0 Å². The van der Waals surface area contributed by atoms with Crippen molar-refractivity contribution in [2.24, 2.45) is 7.05 Å². The Kier molecular flexibility index (Phi) is 4.82. The number of hydrogen-bond acceptors (Lipinski definition) is 5. The van der Waals surface area contributed by atoms with Gasteiger partial charge < -0.3 is 10.2 Å². The zero-order chi connectivity index (χ0) is 19.7. The van der Waals surface area contributed by atoms with Gasteiger partial charge in [0.05, 0.1) is 5.69 Å². The van der Waals surface area contributed by atoms with E-state index in [1.165, 1.54) is 18.2 Å². The molecule has 9 heteroatoms. The molecular formula is C19H21FN6O2. The Morgan fingerprint density at radius 3 is 2.93 bits per heavy atom. The molecule has 3 heterocycles. The average Bonchev–Trinajstić information content (AvgIpc) is 3.25. The molecule has 4 rings (SSSR count). The van der Waals surface area contributed by atoms with Gasteiger partial charge in [-0.2, -0.15) is 5.10 Å². The van der Waals surface area contributed by atoms with Crippen molar-refractivity contribution >= 4 is 5.82 Å². The number of nitrogens with zero attached hydrogens (tertiary/aromatic N) is 3. The lowest BCUT2D eigenvalue weighted by Gasteiger charge is -2.18. The second kappa shape index (κ2) is 7.43. The van der Waals surface area contributed by atoms with E-state index in [1.54, 1.807) is 10.7 Å². The van der Waals surface area contributed by atoms with Crippen LogP contribution in [-0.4, -0.2) is 38.9 Å². The molecule has 2 aromatic heterocycles. The van der Waals surface area contributed by atoms with E-state index >= 15 is 0 Å². The van der Waals surface area contributed by atoms with Crippen LogP contribution in [0.4, 0.5) is 10.2 Å². The van der Waals surface area contributed by atoms with Crippen LogP contribution >= 0.6 is 0 Å². The number of anilines is 1. The number of hydrogen-bond donors (Lipinski definition) is 3. The lowest BCUT2D eigenvalue weighted by atomic mass is 10.1. The van der Waals surface area contributed by atoms with Crippen molar-refractivity contribution < 1.29 is 4.39 Å². The lowest BCUT2D eigenvalue weighted by Crippen LogP contribution is -2.34. The van der Waals surface area contributed by atoms with Crippen LogP contribution in [0.3, 0.4) is 0 Å². The minimum atomic E-state index is -0.506. The molecule has 0 aliphatic carbocycles. The number of H-pyrrole nitrogens is 2. The molecule has 0 amide bonds. The predicted molar refractivity (Wildman–Crippen MR) is 104 cm³/mol. The second-order valence-electron chi connectivity index (χ2n) is 6.97. The molecule has 1 aliphatic heterocycles. The standard InChI is InChI=1S/C19H21FN6O2/c1-25-10-13(18(24-25)12-3-2-4-14(20)7-12)9-21-15-5-6-26(11-15)16-8-17(27)23-19(28)22-16/h2-4,7-8,10,15,21H,5-6,9,11H2,1H3,(H2,22,23,27,28)/t15-/m1/s1. The van der Waals surface area contributed by atoms with Crippen LogP contribution in [0.1, 0.15) is 12.0 Å². The van der Waals surface area contributed by atoms with Crippen LogP contribution in [0.25, 0.3) is 11.3 Å². The second-order valence-corrected chi connectivity index (χ2v) is 6.97. The van der Waals surface area contributed by atoms with Gasteiger partial charge in [-0.25, -0.2) is 9.18 Å². The first-order valence-corrected chi connectivity index (χ1v) is 9.08. The van der Waals surface area contributed by atoms with E-state index in [9.17, 15) is 14.0 Å². The molecule has 0 spiro atoms. The number of halogens is 1. The monoisotopic (exact) mass is 384 g/mol. The highest BCUT2D eigenvalue weighted by molar-refractivity contribution is 5.62. The Hall–Kier alpha value is -3.20. The molecule has 0 bridgehead atoms. The van der Waals surface area contributed by atoms with Crippen LogP contribution < -0.4 is 21.5 Å². The number of rotatable bonds is 5. The molecular weight excluding hydrogens is 363 g/mol. The molecule has 1 atom stereocenters. The summed E-state index contributed by atoms with van der Waals surface area (Å²) in [5.41, 5.74) is 1.56. The molecule has 3 aromatic rings. The highest BCUT2D eigenvalue weighted by Crippen LogP contribution is 2.23. The third kappa shape index (κ3) is 3.89. The van der Waals surface area contributed by atoms with Gasteiger partial charge in [-0.3, -0.25) is 19.4 Å². The molecule has 1 aliphatic rings. The Labute approximate surface area is 160 Å². The third-order valence-electron chi connectivity index (χ3n) is 4.86. The van der Waals surface area contributed by atoms with E-state index in [1.807, 2.05) is 24.2 Å². The number of aromatic amines is 2. The van der Waals surface area contributed by atoms with E-state index in [4.69, 9.17) is 0 Å². The third-order valence-corrected chi connectivity index (χ3v) is 4.86. The minimum Gasteiger partial charge on any atom is -0.356 e. The van der Waals surface area contributed by atoms with Crippen molar-refractivity contribution in [1.29, 1.82) is 0 Å². The Balaban J connectivity index is 1.45. The Morgan fingerprint density at radius 1 is 1.29 bits per heavy atom. The van der Waals surface area contributed by atoms with Crippen LogP contribution in [0.5, 0.6) is 0 Å². The number of aromatic nitrogens is 4. The predicted octanol–water partition coefficient (Wildman–Crippen LogP) is 0.971. The molecule has 8 nitrogen and oxygen atoms in total. The van der Waals surface area contributed by atoms with Crippen molar-refractivity contribution in [2.45, 2.75) is 19.0 Å². The van der Waals surface area contributed by atoms with Crippen molar-refractivity contribution in [3.05, 3.63) is 68.7 Å². The summed E-state index contributed by atoms with van der Waals surface area (Å²) < 4.78 is 15.3. The number of nitrogens with one attached hydrogen (secondary N) is 3. The highest BCUT2D eigenvalue weighted by Gasteiger charge is 2.24. The van der Waals surface area contributed by atoms with E-state index in [0.717, 1.165) is 29.8 Å². The first-order chi connectivity index (χ1) is 13.5. The highest BCUT2D eigenvalue weighted by atomic mass is 19.1. The van der Waals surface area contributed by atoms with Crippen molar-refractivity contribution in [3.8, 4) is 11.3 Å². The molecule has 0 unspecified atom stereocenters. The lowest BCUT2D eigenvalue weighted by molar-refractivity contribution is 0.551. The van der Waals surface area contributed by atoms with Crippen molar-refractivity contribution in [1.82, 2.24) is 25.1 Å². The summed E-state index contributed by atoms with van der Waals surface area (Å²) in [7, 11) is 1.84. The van der Waals surface area contributed by atoms with Gasteiger partial charge in [-0.15, -0.1) is 0 Å². The Morgan fingerprint density at radius 2 is 2.14 bits per heavy atom. The van der Waals surface area contributed by atoms with E-state index in [-0.39, 0.29) is 11.9 Å². The van der Waals surface area contributed by atoms with Crippen LogP contribution in [-0.2, 0) is 13.6 Å². The normalized spacial score (nSPS) is 16.6. The molecule has 3 N–H and O–H groups in total. The van der Waals surface area contributed by atoms with Gasteiger partial charge in [0.15, 0.2) is 0 Å². The zero-order valence-corrected chi connectivity index (χ0v) is 15.4. The van der Waals surface area contributed by atoms with Crippen LogP contribution in [0.2, 0.25) is 0 Å². The molecule has 1 fully saturated rings. The van der Waals surface area contributed by atoms with Gasteiger partial charge in [-0.1, -0.05) is 12.1 Å². The Bertz CT molecular complexity index is 1070. The maximum Gasteiger partial charge on any atom is 0.327 e. The van der Waals surface area contributed by atoms with E-state index in [0.29, 0.717) is 18.9 Å². The first-order valence-electron chi connectivity index (χ1n) is 9.08. The van der Waals surface area contributed by atoms with Crippen LogP contribution in [0.15, 0.2) is 46.1 Å². The summed E-state index contributed by atoms with van der Waals surface area (Å²) in [6.07, 6.45) is 2.80. The SMILES string of the molecule is Cn1cc(CN[C@@H]2CCN(c3cc(=O)[nH]c(=O)[nH]3)C2)c(-c2cccc(F)c2)n1. The molecule has 146 valence electrons. The summed E-state index contributed by atoms with van der Waals surface area (Å²) >= 11 is 0. The van der Waals surface area contributed by atoms with Gasteiger partial charge in [0.2, 0.25) is 0 Å². The summed E-state index contributed by atoms with van der Waals surface area (Å²) in [6, 6.07) is 8.00. The van der Waals surface area contributed by atoms with Gasteiger partial charge in [0.25, 0.3) is 5.56 Å². The summed E-state index contributed by atoms with van der Waals surface area (Å²) in [5, 5.41) is 7.97. The van der Waals surface area contributed by atoms with Crippen LogP contribution in [0, 0.1) is 5.82 Å². The number of aryl methyl sites for hydroxylation is 1. The molecule has 28 heavy (non-hydrogen) atoms. The largest absolute Gasteiger partial charge is 0.356 e. The van der Waals surface area contributed by atoms with Crippen molar-refractivity contribution in [3.63, 3.8) is 0 Å². The average molecular weight is 384 g/mol. The molecule has 0 radical (unpaired) electrons. The first kappa shape index (κ1) is 18.2. The minimum absolute atomic E-state index is 0.198. The fourth-order valence-electron chi connectivity index (χ4n) is 3.57. The van der Waals surface area contributed by atoms with Gasteiger partial charge >= 0.3 is 5.69 Å². The smallest absolute Gasteiger partial charge is 0.327 e.